The van der Waals surface area contributed by atoms with E-state index in [1.807, 2.05) is 6.26 Å². The van der Waals surface area contributed by atoms with E-state index in [-0.39, 0.29) is 10.7 Å². The number of carbonyl (C=O) groups excluding carboxylic acids is 1. The number of nitrogens with zero attached hydrogens (tertiary/aromatic N) is 3. The third kappa shape index (κ3) is 4.12. The van der Waals surface area contributed by atoms with Gasteiger partial charge in [-0.05, 0) is 43.6 Å². The second-order valence-corrected chi connectivity index (χ2v) is 5.93. The van der Waals surface area contributed by atoms with Gasteiger partial charge in [-0.15, -0.1) is 10.2 Å². The third-order valence-electron chi connectivity index (χ3n) is 2.82. The van der Waals surface area contributed by atoms with Gasteiger partial charge in [0.1, 0.15) is 11.6 Å². The number of thiocarbonyl (C=S) groups is 1. The number of aryl methyl sites for hydroxylation is 1. The zero-order valence-corrected chi connectivity index (χ0v) is 15.0. The Balaban J connectivity index is 2.13. The molecular formula is C13H14ClN5O2S2. The number of methoxy groups -OCH3 is 1. The predicted octanol–water partition coefficient (Wildman–Crippen LogP) is 2.23. The molecule has 0 radical (unpaired) electrons. The van der Waals surface area contributed by atoms with Crippen LogP contribution < -0.4 is 15.5 Å². The van der Waals surface area contributed by atoms with E-state index in [0.717, 1.165) is 0 Å². The first-order chi connectivity index (χ1) is 11.0. The fourth-order valence-electron chi connectivity index (χ4n) is 1.76. The van der Waals surface area contributed by atoms with Crippen molar-refractivity contribution in [2.24, 2.45) is 0 Å². The highest BCUT2D eigenvalue weighted by Gasteiger charge is 2.15. The van der Waals surface area contributed by atoms with Gasteiger partial charge in [-0.2, -0.15) is 0 Å². The van der Waals surface area contributed by atoms with Crippen LogP contribution in [0, 0.1) is 6.92 Å². The quantitative estimate of drug-likeness (QED) is 0.630. The number of ether oxygens (including phenoxy) is 1. The lowest BCUT2D eigenvalue weighted by atomic mass is 10.2. The minimum Gasteiger partial charge on any atom is -0.496 e. The van der Waals surface area contributed by atoms with Crippen LogP contribution >= 0.6 is 35.6 Å². The molecule has 10 heteroatoms. The Labute approximate surface area is 147 Å². The monoisotopic (exact) mass is 371 g/mol. The smallest absolute Gasteiger partial charge is 0.261 e. The Morgan fingerprint density at radius 1 is 1.43 bits per heavy atom. The molecule has 0 atom stereocenters. The minimum absolute atomic E-state index is 0.107. The van der Waals surface area contributed by atoms with Crippen LogP contribution in [0.2, 0.25) is 5.02 Å². The average Bonchev–Trinajstić information content (AvgIpc) is 2.87. The summed E-state index contributed by atoms with van der Waals surface area (Å²) in [4.78, 5) is 12.3. The molecule has 0 bridgehead atoms. The minimum atomic E-state index is -0.432. The summed E-state index contributed by atoms with van der Waals surface area (Å²) in [6, 6.07) is 4.76. The molecular weight excluding hydrogens is 358 g/mol. The van der Waals surface area contributed by atoms with Crippen LogP contribution in [0.25, 0.3) is 0 Å². The number of halogens is 1. The van der Waals surface area contributed by atoms with E-state index in [4.69, 9.17) is 28.6 Å². The Hall–Kier alpha value is -1.84. The van der Waals surface area contributed by atoms with E-state index in [1.54, 1.807) is 23.7 Å². The molecule has 122 valence electrons. The summed E-state index contributed by atoms with van der Waals surface area (Å²) in [6.07, 6.45) is 1.86. The maximum Gasteiger partial charge on any atom is 0.261 e. The van der Waals surface area contributed by atoms with Gasteiger partial charge in [0, 0.05) is 5.02 Å². The molecule has 7 nitrogen and oxygen atoms in total. The zero-order chi connectivity index (χ0) is 17.0. The number of hydrogen-bond acceptors (Lipinski definition) is 6. The Morgan fingerprint density at radius 3 is 2.83 bits per heavy atom. The first-order valence-corrected chi connectivity index (χ1v) is 8.39. The normalized spacial score (nSPS) is 10.3. The molecule has 23 heavy (non-hydrogen) atoms. The lowest BCUT2D eigenvalue weighted by molar-refractivity contribution is 0.0974. The van der Waals surface area contributed by atoms with Gasteiger partial charge in [-0.25, -0.2) is 4.68 Å². The van der Waals surface area contributed by atoms with E-state index in [0.29, 0.717) is 21.8 Å². The van der Waals surface area contributed by atoms with Crippen LogP contribution in [0.5, 0.6) is 5.75 Å². The molecule has 1 aromatic heterocycles. The second-order valence-electron chi connectivity index (χ2n) is 4.31. The molecule has 1 heterocycles. The Kier molecular flexibility index (Phi) is 5.80. The Morgan fingerprint density at radius 2 is 2.17 bits per heavy atom. The summed E-state index contributed by atoms with van der Waals surface area (Å²) in [6.45, 7) is 1.77. The summed E-state index contributed by atoms with van der Waals surface area (Å²) in [5.41, 5.74) is 3.15. The van der Waals surface area contributed by atoms with Crippen molar-refractivity contribution in [3.8, 4) is 5.75 Å². The summed E-state index contributed by atoms with van der Waals surface area (Å²) >= 11 is 12.5. The Bertz CT molecular complexity index is 750. The standard InChI is InChI=1S/C13H14ClN5O2S2/c1-7-16-17-13(23-3)19(7)18-12(22)15-11(20)9-6-8(14)4-5-10(9)21-2/h4-6H,1-3H3,(H2,15,18,20,22). The van der Waals surface area contributed by atoms with Crippen molar-refractivity contribution in [2.45, 2.75) is 12.1 Å². The van der Waals surface area contributed by atoms with E-state index in [2.05, 4.69) is 20.9 Å². The van der Waals surface area contributed by atoms with E-state index in [9.17, 15) is 4.79 Å². The fourth-order valence-corrected chi connectivity index (χ4v) is 2.60. The van der Waals surface area contributed by atoms with Crippen LogP contribution in [0.15, 0.2) is 23.4 Å². The van der Waals surface area contributed by atoms with Crippen molar-refractivity contribution >= 4 is 46.6 Å². The molecule has 0 unspecified atom stereocenters. The summed E-state index contributed by atoms with van der Waals surface area (Å²) < 4.78 is 6.74. The molecule has 0 saturated heterocycles. The first kappa shape index (κ1) is 17.5. The maximum absolute atomic E-state index is 12.3. The van der Waals surface area contributed by atoms with Crippen LogP contribution in [-0.2, 0) is 0 Å². The number of aromatic nitrogens is 3. The van der Waals surface area contributed by atoms with Gasteiger partial charge in [0.15, 0.2) is 5.11 Å². The number of benzene rings is 1. The van der Waals surface area contributed by atoms with Crippen molar-refractivity contribution in [3.05, 3.63) is 34.6 Å². The molecule has 2 rings (SSSR count). The molecule has 0 spiro atoms. The fraction of sp³-hybridized carbons (Fsp3) is 0.231. The van der Waals surface area contributed by atoms with Gasteiger partial charge >= 0.3 is 0 Å². The van der Waals surface area contributed by atoms with E-state index < -0.39 is 5.91 Å². The summed E-state index contributed by atoms with van der Waals surface area (Å²) in [5.74, 6) is 0.588. The number of rotatable bonds is 4. The number of hydrogen-bond donors (Lipinski definition) is 2. The van der Waals surface area contributed by atoms with Gasteiger partial charge in [0.25, 0.3) is 5.91 Å². The van der Waals surface area contributed by atoms with Gasteiger partial charge in [0.05, 0.1) is 12.7 Å². The van der Waals surface area contributed by atoms with E-state index in [1.165, 1.54) is 24.9 Å². The SMILES string of the molecule is COc1ccc(Cl)cc1C(=O)NC(=S)Nn1c(C)nnc1SC. The molecule has 0 aliphatic carbocycles. The summed E-state index contributed by atoms with van der Waals surface area (Å²) in [7, 11) is 1.47. The number of thioether (sulfide) groups is 1. The highest BCUT2D eigenvalue weighted by molar-refractivity contribution is 7.98. The van der Waals surface area contributed by atoms with Crippen LogP contribution in [0.4, 0.5) is 0 Å². The molecule has 2 aromatic rings. The van der Waals surface area contributed by atoms with Crippen LogP contribution in [-0.4, -0.2) is 39.3 Å². The predicted molar refractivity (Wildman–Crippen MR) is 94.0 cm³/mol. The topological polar surface area (TPSA) is 81.1 Å². The summed E-state index contributed by atoms with van der Waals surface area (Å²) in [5, 5.41) is 11.6. The lowest BCUT2D eigenvalue weighted by Crippen LogP contribution is -2.38. The first-order valence-electron chi connectivity index (χ1n) is 6.38. The third-order valence-corrected chi connectivity index (χ3v) is 3.88. The molecule has 0 aliphatic rings. The number of carbonyl (C=O) groups is 1. The second kappa shape index (κ2) is 7.62. The largest absolute Gasteiger partial charge is 0.496 e. The number of nitrogens with one attached hydrogen (secondary N) is 2. The maximum atomic E-state index is 12.3. The van der Waals surface area contributed by atoms with Crippen molar-refractivity contribution < 1.29 is 9.53 Å². The van der Waals surface area contributed by atoms with Gasteiger partial charge < -0.3 is 4.74 Å². The zero-order valence-electron chi connectivity index (χ0n) is 12.6. The molecule has 1 aromatic carbocycles. The van der Waals surface area contributed by atoms with Gasteiger partial charge in [-0.3, -0.25) is 15.5 Å². The van der Waals surface area contributed by atoms with Crippen LogP contribution in [0.3, 0.4) is 0 Å². The molecule has 0 fully saturated rings. The molecule has 2 N–H and O–H groups in total. The van der Waals surface area contributed by atoms with Crippen molar-refractivity contribution in [1.82, 2.24) is 20.2 Å². The molecule has 0 saturated carbocycles. The van der Waals surface area contributed by atoms with Crippen molar-refractivity contribution in [1.29, 1.82) is 0 Å². The van der Waals surface area contributed by atoms with E-state index >= 15 is 0 Å². The highest BCUT2D eigenvalue weighted by Crippen LogP contribution is 2.22. The van der Waals surface area contributed by atoms with Gasteiger partial charge in [0.2, 0.25) is 5.16 Å². The van der Waals surface area contributed by atoms with Crippen LogP contribution in [0.1, 0.15) is 16.2 Å². The molecule has 0 aliphatic heterocycles. The highest BCUT2D eigenvalue weighted by atomic mass is 35.5. The number of amides is 1. The molecule has 1 amide bonds. The van der Waals surface area contributed by atoms with Crippen molar-refractivity contribution in [3.63, 3.8) is 0 Å². The van der Waals surface area contributed by atoms with Crippen molar-refractivity contribution in [2.75, 3.05) is 18.8 Å². The van der Waals surface area contributed by atoms with Gasteiger partial charge in [-0.1, -0.05) is 23.4 Å². The average molecular weight is 372 g/mol. The lowest BCUT2D eigenvalue weighted by Gasteiger charge is -2.13.